The number of carbonyl (C=O) groups excluding carboxylic acids is 1. The molecule has 0 unspecified atom stereocenters. The Morgan fingerprint density at radius 1 is 1.03 bits per heavy atom. The van der Waals surface area contributed by atoms with Gasteiger partial charge in [-0.05, 0) is 67.1 Å². The molecule has 4 rings (SSSR count). The monoisotopic (exact) mass is 419 g/mol. The van der Waals surface area contributed by atoms with E-state index in [1.54, 1.807) is 23.6 Å². The Labute approximate surface area is 177 Å². The van der Waals surface area contributed by atoms with E-state index in [2.05, 4.69) is 5.32 Å². The number of aromatic nitrogens is 2. The number of fused-ring (bicyclic) bond motifs is 1. The molecule has 0 saturated carbocycles. The van der Waals surface area contributed by atoms with Gasteiger partial charge in [0.15, 0.2) is 0 Å². The zero-order valence-corrected chi connectivity index (χ0v) is 17.7. The van der Waals surface area contributed by atoms with Crippen LogP contribution in [0.4, 0.5) is 5.69 Å². The summed E-state index contributed by atoms with van der Waals surface area (Å²) < 4.78 is 2.97. The third kappa shape index (κ3) is 3.48. The summed E-state index contributed by atoms with van der Waals surface area (Å²) in [7, 11) is 0. The lowest BCUT2D eigenvalue weighted by atomic mass is 10.1. The molecule has 0 aliphatic carbocycles. The van der Waals surface area contributed by atoms with Gasteiger partial charge in [0.05, 0.1) is 11.2 Å². The van der Waals surface area contributed by atoms with Gasteiger partial charge in [-0.3, -0.25) is 14.2 Å². The standard InChI is InChI=1S/C23H21N3O3S/c1-14-6-4-8-17(12-14)24-20(27)13-25-19-10-11-30-21(19)22(28)26(23(25)29)18-9-5-7-15(2)16(18)3/h4-12H,13H2,1-3H3,(H,24,27). The van der Waals surface area contributed by atoms with E-state index in [0.29, 0.717) is 21.6 Å². The van der Waals surface area contributed by atoms with E-state index in [4.69, 9.17) is 0 Å². The van der Waals surface area contributed by atoms with Gasteiger partial charge in [-0.2, -0.15) is 0 Å². The van der Waals surface area contributed by atoms with Crippen LogP contribution in [0.2, 0.25) is 0 Å². The first kappa shape index (κ1) is 19.8. The molecule has 2 aromatic heterocycles. The van der Waals surface area contributed by atoms with Crippen molar-refractivity contribution in [2.75, 3.05) is 5.32 Å². The van der Waals surface area contributed by atoms with Crippen LogP contribution in [-0.2, 0) is 11.3 Å². The molecule has 0 fully saturated rings. The van der Waals surface area contributed by atoms with Gasteiger partial charge < -0.3 is 5.32 Å². The van der Waals surface area contributed by atoms with Crippen molar-refractivity contribution in [1.29, 1.82) is 0 Å². The van der Waals surface area contributed by atoms with Gasteiger partial charge in [0, 0.05) is 5.69 Å². The van der Waals surface area contributed by atoms with Gasteiger partial charge in [-0.25, -0.2) is 9.36 Å². The molecule has 2 heterocycles. The minimum absolute atomic E-state index is 0.189. The molecule has 0 aliphatic rings. The Bertz CT molecular complexity index is 1400. The predicted octanol–water partition coefficient (Wildman–Crippen LogP) is 3.78. The second kappa shape index (κ2) is 7.76. The number of hydrogen-bond acceptors (Lipinski definition) is 4. The van der Waals surface area contributed by atoms with Crippen LogP contribution in [0.1, 0.15) is 16.7 Å². The summed E-state index contributed by atoms with van der Waals surface area (Å²) in [5.74, 6) is -0.332. The van der Waals surface area contributed by atoms with E-state index < -0.39 is 5.69 Å². The lowest BCUT2D eigenvalue weighted by molar-refractivity contribution is -0.116. The summed E-state index contributed by atoms with van der Waals surface area (Å²) in [6, 6.07) is 14.7. The van der Waals surface area contributed by atoms with Crippen molar-refractivity contribution in [3.05, 3.63) is 91.4 Å². The SMILES string of the molecule is Cc1cccc(NC(=O)Cn2c(=O)n(-c3cccc(C)c3C)c(=O)c3sccc32)c1. The molecule has 7 heteroatoms. The molecular formula is C23H21N3O3S. The zero-order valence-electron chi connectivity index (χ0n) is 16.9. The second-order valence-electron chi connectivity index (χ2n) is 7.28. The number of amides is 1. The summed E-state index contributed by atoms with van der Waals surface area (Å²) in [6.07, 6.45) is 0. The van der Waals surface area contributed by atoms with Crippen LogP contribution in [0.3, 0.4) is 0 Å². The molecular weight excluding hydrogens is 398 g/mol. The van der Waals surface area contributed by atoms with Gasteiger partial charge >= 0.3 is 5.69 Å². The average molecular weight is 420 g/mol. The fourth-order valence-electron chi connectivity index (χ4n) is 3.50. The van der Waals surface area contributed by atoms with Crippen LogP contribution in [0.15, 0.2) is 63.5 Å². The third-order valence-electron chi connectivity index (χ3n) is 5.18. The maximum absolute atomic E-state index is 13.4. The van der Waals surface area contributed by atoms with E-state index in [9.17, 15) is 14.4 Å². The van der Waals surface area contributed by atoms with Gasteiger partial charge in [0.2, 0.25) is 5.91 Å². The van der Waals surface area contributed by atoms with Gasteiger partial charge in [0.25, 0.3) is 5.56 Å². The normalized spacial score (nSPS) is 11.0. The largest absolute Gasteiger partial charge is 0.336 e. The number of nitrogens with one attached hydrogen (secondary N) is 1. The van der Waals surface area contributed by atoms with Crippen molar-refractivity contribution < 1.29 is 4.79 Å². The molecule has 30 heavy (non-hydrogen) atoms. The average Bonchev–Trinajstić information content (AvgIpc) is 3.18. The summed E-state index contributed by atoms with van der Waals surface area (Å²) >= 11 is 1.26. The molecule has 1 amide bonds. The number of nitrogens with zero attached hydrogens (tertiary/aromatic N) is 2. The summed E-state index contributed by atoms with van der Waals surface area (Å²) in [5.41, 5.74) is 3.63. The molecule has 0 bridgehead atoms. The van der Waals surface area contributed by atoms with Crippen LogP contribution in [0.5, 0.6) is 0 Å². The minimum Gasteiger partial charge on any atom is -0.325 e. The first-order valence-electron chi connectivity index (χ1n) is 9.53. The maximum atomic E-state index is 13.4. The van der Waals surface area contributed by atoms with Gasteiger partial charge in [0.1, 0.15) is 11.2 Å². The van der Waals surface area contributed by atoms with Crippen molar-refractivity contribution >= 4 is 33.1 Å². The number of anilines is 1. The van der Waals surface area contributed by atoms with Crippen LogP contribution >= 0.6 is 11.3 Å². The van der Waals surface area contributed by atoms with Crippen molar-refractivity contribution in [2.24, 2.45) is 0 Å². The molecule has 0 saturated heterocycles. The number of rotatable bonds is 4. The van der Waals surface area contributed by atoms with Crippen LogP contribution in [-0.4, -0.2) is 15.0 Å². The molecule has 0 atom stereocenters. The van der Waals surface area contributed by atoms with E-state index in [-0.39, 0.29) is 18.0 Å². The van der Waals surface area contributed by atoms with Crippen molar-refractivity contribution in [1.82, 2.24) is 9.13 Å². The first-order chi connectivity index (χ1) is 14.4. The van der Waals surface area contributed by atoms with E-state index in [0.717, 1.165) is 16.7 Å². The maximum Gasteiger partial charge on any atom is 0.336 e. The van der Waals surface area contributed by atoms with Crippen molar-refractivity contribution in [3.8, 4) is 5.69 Å². The number of aryl methyl sites for hydroxylation is 2. The molecule has 0 radical (unpaired) electrons. The van der Waals surface area contributed by atoms with E-state index >= 15 is 0 Å². The molecule has 2 aromatic carbocycles. The number of hydrogen-bond donors (Lipinski definition) is 1. The third-order valence-corrected chi connectivity index (χ3v) is 6.07. The summed E-state index contributed by atoms with van der Waals surface area (Å²) in [4.78, 5) is 39.2. The summed E-state index contributed by atoms with van der Waals surface area (Å²) in [5, 5.41) is 4.58. The van der Waals surface area contributed by atoms with Gasteiger partial charge in [-0.1, -0.05) is 24.3 Å². The Balaban J connectivity index is 1.83. The lowest BCUT2D eigenvalue weighted by Gasteiger charge is -2.15. The second-order valence-corrected chi connectivity index (χ2v) is 8.20. The fraction of sp³-hybridized carbons (Fsp3) is 0.174. The van der Waals surface area contributed by atoms with Crippen LogP contribution in [0.25, 0.3) is 15.9 Å². The zero-order chi connectivity index (χ0) is 21.4. The highest BCUT2D eigenvalue weighted by Gasteiger charge is 2.19. The Morgan fingerprint density at radius 3 is 2.57 bits per heavy atom. The fourth-order valence-corrected chi connectivity index (χ4v) is 4.32. The highest BCUT2D eigenvalue weighted by atomic mass is 32.1. The van der Waals surface area contributed by atoms with E-state index in [1.807, 2.05) is 51.1 Å². The molecule has 0 aliphatic heterocycles. The molecule has 0 spiro atoms. The molecule has 1 N–H and O–H groups in total. The minimum atomic E-state index is -0.529. The molecule has 4 aromatic rings. The quantitative estimate of drug-likeness (QED) is 0.547. The highest BCUT2D eigenvalue weighted by Crippen LogP contribution is 2.19. The lowest BCUT2D eigenvalue weighted by Crippen LogP contribution is -2.40. The van der Waals surface area contributed by atoms with Crippen LogP contribution in [0, 0.1) is 20.8 Å². The smallest absolute Gasteiger partial charge is 0.325 e. The Kier molecular flexibility index (Phi) is 5.13. The first-order valence-corrected chi connectivity index (χ1v) is 10.4. The number of thiophene rings is 1. The predicted molar refractivity (Wildman–Crippen MR) is 121 cm³/mol. The van der Waals surface area contributed by atoms with Gasteiger partial charge in [-0.15, -0.1) is 11.3 Å². The molecule has 152 valence electrons. The number of benzene rings is 2. The molecule has 6 nitrogen and oxygen atoms in total. The Morgan fingerprint density at radius 2 is 1.80 bits per heavy atom. The van der Waals surface area contributed by atoms with Crippen molar-refractivity contribution in [3.63, 3.8) is 0 Å². The van der Waals surface area contributed by atoms with Crippen LogP contribution < -0.4 is 16.6 Å². The van der Waals surface area contributed by atoms with Crippen molar-refractivity contribution in [2.45, 2.75) is 27.3 Å². The highest BCUT2D eigenvalue weighted by molar-refractivity contribution is 7.17. The summed E-state index contributed by atoms with van der Waals surface area (Å²) in [6.45, 7) is 5.56. The number of carbonyl (C=O) groups is 1. The van der Waals surface area contributed by atoms with E-state index in [1.165, 1.54) is 20.5 Å². The Hall–Kier alpha value is -3.45. The topological polar surface area (TPSA) is 73.1 Å².